The number of carboxylic acid groups (broad SMARTS) is 1. The van der Waals surface area contributed by atoms with Gasteiger partial charge in [0.05, 0.1) is 0 Å². The molecule has 0 aliphatic rings. The van der Waals surface area contributed by atoms with Crippen molar-refractivity contribution in [2.75, 3.05) is 0 Å². The minimum Gasteiger partial charge on any atom is -0.481 e. The first-order valence-corrected chi connectivity index (χ1v) is 6.33. The van der Waals surface area contributed by atoms with Gasteiger partial charge in [0.2, 0.25) is 0 Å². The second kappa shape index (κ2) is 6.62. The van der Waals surface area contributed by atoms with Crippen molar-refractivity contribution >= 4 is 17.3 Å². The molecule has 1 rings (SSSR count). The molecule has 0 radical (unpaired) electrons. The molecule has 0 saturated heterocycles. The van der Waals surface area contributed by atoms with Crippen LogP contribution in [-0.4, -0.2) is 11.1 Å². The third-order valence-corrected chi connectivity index (χ3v) is 3.67. The van der Waals surface area contributed by atoms with E-state index in [2.05, 4.69) is 19.1 Å². The highest BCUT2D eigenvalue weighted by molar-refractivity contribution is 7.11. The summed E-state index contributed by atoms with van der Waals surface area (Å²) in [4.78, 5) is 13.1. The summed E-state index contributed by atoms with van der Waals surface area (Å²) in [6.45, 7) is 2.17. The predicted molar refractivity (Wildman–Crippen MR) is 63.5 cm³/mol. The van der Waals surface area contributed by atoms with Crippen molar-refractivity contribution in [3.05, 3.63) is 21.9 Å². The summed E-state index contributed by atoms with van der Waals surface area (Å²) in [5, 5.41) is 8.47. The molecule has 1 aromatic heterocycles. The number of unbranched alkanes of at least 4 members (excludes halogenated alkanes) is 2. The number of aryl methyl sites for hydroxylation is 2. The third-order valence-electron chi connectivity index (χ3n) is 2.38. The summed E-state index contributed by atoms with van der Waals surface area (Å²) in [5.74, 6) is -0.681. The normalized spacial score (nSPS) is 10.5. The molecule has 15 heavy (non-hydrogen) atoms. The number of rotatable bonds is 7. The number of hydrogen-bond acceptors (Lipinski definition) is 2. The SMILES string of the molecule is CCc1ccc(CCCCCC(=O)O)s1. The highest BCUT2D eigenvalue weighted by atomic mass is 32.1. The zero-order valence-corrected chi connectivity index (χ0v) is 9.98. The van der Waals surface area contributed by atoms with Crippen LogP contribution in [0.15, 0.2) is 12.1 Å². The van der Waals surface area contributed by atoms with E-state index in [0.717, 1.165) is 32.1 Å². The van der Waals surface area contributed by atoms with Gasteiger partial charge in [-0.2, -0.15) is 0 Å². The molecule has 0 aliphatic carbocycles. The molecular formula is C12H18O2S. The second-order valence-corrected chi connectivity index (χ2v) is 4.93. The molecular weight excluding hydrogens is 208 g/mol. The Labute approximate surface area is 94.9 Å². The molecule has 0 bridgehead atoms. The van der Waals surface area contributed by atoms with Gasteiger partial charge < -0.3 is 5.11 Å². The van der Waals surface area contributed by atoms with Gasteiger partial charge in [-0.25, -0.2) is 0 Å². The van der Waals surface area contributed by atoms with Crippen molar-refractivity contribution in [1.29, 1.82) is 0 Å². The molecule has 0 saturated carbocycles. The quantitative estimate of drug-likeness (QED) is 0.722. The largest absolute Gasteiger partial charge is 0.481 e. The molecule has 0 unspecified atom stereocenters. The van der Waals surface area contributed by atoms with Crippen LogP contribution < -0.4 is 0 Å². The van der Waals surface area contributed by atoms with Crippen molar-refractivity contribution in [3.63, 3.8) is 0 Å². The smallest absolute Gasteiger partial charge is 0.303 e. The Morgan fingerprint density at radius 1 is 1.27 bits per heavy atom. The minimum absolute atomic E-state index is 0.310. The monoisotopic (exact) mass is 226 g/mol. The lowest BCUT2D eigenvalue weighted by molar-refractivity contribution is -0.137. The zero-order valence-electron chi connectivity index (χ0n) is 9.16. The molecule has 84 valence electrons. The summed E-state index contributed by atoms with van der Waals surface area (Å²) < 4.78 is 0. The van der Waals surface area contributed by atoms with Crippen LogP contribution in [0.25, 0.3) is 0 Å². The van der Waals surface area contributed by atoms with E-state index in [4.69, 9.17) is 5.11 Å². The molecule has 3 heteroatoms. The average molecular weight is 226 g/mol. The summed E-state index contributed by atoms with van der Waals surface area (Å²) in [6.07, 6.45) is 5.46. The molecule has 2 nitrogen and oxygen atoms in total. The second-order valence-electron chi connectivity index (χ2n) is 3.68. The van der Waals surface area contributed by atoms with Gasteiger partial charge in [0.1, 0.15) is 0 Å². The number of thiophene rings is 1. The van der Waals surface area contributed by atoms with Gasteiger partial charge in [0, 0.05) is 16.2 Å². The van der Waals surface area contributed by atoms with Gasteiger partial charge in [-0.15, -0.1) is 11.3 Å². The zero-order chi connectivity index (χ0) is 11.1. The van der Waals surface area contributed by atoms with Gasteiger partial charge in [0.25, 0.3) is 0 Å². The van der Waals surface area contributed by atoms with E-state index in [1.807, 2.05) is 11.3 Å². The summed E-state index contributed by atoms with van der Waals surface area (Å²) >= 11 is 1.88. The van der Waals surface area contributed by atoms with Gasteiger partial charge in [-0.1, -0.05) is 13.3 Å². The van der Waals surface area contributed by atoms with Crippen LogP contribution in [0.1, 0.15) is 42.4 Å². The van der Waals surface area contributed by atoms with Crippen molar-refractivity contribution in [3.8, 4) is 0 Å². The average Bonchev–Trinajstić information content (AvgIpc) is 2.65. The Morgan fingerprint density at radius 3 is 2.60 bits per heavy atom. The van der Waals surface area contributed by atoms with Crippen LogP contribution in [0.4, 0.5) is 0 Å². The van der Waals surface area contributed by atoms with Crippen LogP contribution in [0.3, 0.4) is 0 Å². The van der Waals surface area contributed by atoms with Crippen LogP contribution >= 0.6 is 11.3 Å². The van der Waals surface area contributed by atoms with E-state index in [-0.39, 0.29) is 0 Å². The first kappa shape index (κ1) is 12.2. The fourth-order valence-electron chi connectivity index (χ4n) is 1.50. The molecule has 0 spiro atoms. The molecule has 1 aromatic rings. The minimum atomic E-state index is -0.681. The topological polar surface area (TPSA) is 37.3 Å². The van der Waals surface area contributed by atoms with Crippen LogP contribution in [0.2, 0.25) is 0 Å². The number of carbonyl (C=O) groups is 1. The van der Waals surface area contributed by atoms with Crippen LogP contribution in [0, 0.1) is 0 Å². The maximum Gasteiger partial charge on any atom is 0.303 e. The Kier molecular flexibility index (Phi) is 5.40. The Morgan fingerprint density at radius 2 is 2.00 bits per heavy atom. The lowest BCUT2D eigenvalue weighted by Gasteiger charge is -1.97. The van der Waals surface area contributed by atoms with E-state index in [1.54, 1.807) is 0 Å². The van der Waals surface area contributed by atoms with Gasteiger partial charge in [-0.05, 0) is 37.8 Å². The number of carboxylic acids is 1. The Hall–Kier alpha value is -0.830. The van der Waals surface area contributed by atoms with Gasteiger partial charge >= 0.3 is 5.97 Å². The summed E-state index contributed by atoms with van der Waals surface area (Å²) in [6, 6.07) is 4.39. The maximum absolute atomic E-state index is 10.3. The predicted octanol–water partition coefficient (Wildman–Crippen LogP) is 3.50. The Bertz CT molecular complexity index is 304. The first-order chi connectivity index (χ1) is 7.22. The fraction of sp³-hybridized carbons (Fsp3) is 0.583. The van der Waals surface area contributed by atoms with E-state index in [1.165, 1.54) is 9.75 Å². The van der Waals surface area contributed by atoms with Crippen molar-refractivity contribution in [1.82, 2.24) is 0 Å². The van der Waals surface area contributed by atoms with Crippen molar-refractivity contribution in [2.24, 2.45) is 0 Å². The van der Waals surface area contributed by atoms with Crippen molar-refractivity contribution in [2.45, 2.75) is 45.4 Å². The van der Waals surface area contributed by atoms with Crippen LogP contribution in [0.5, 0.6) is 0 Å². The lowest BCUT2D eigenvalue weighted by atomic mass is 10.1. The van der Waals surface area contributed by atoms with Gasteiger partial charge in [0.15, 0.2) is 0 Å². The fourth-order valence-corrected chi connectivity index (χ4v) is 2.50. The number of aliphatic carboxylic acids is 1. The van der Waals surface area contributed by atoms with Crippen molar-refractivity contribution < 1.29 is 9.90 Å². The van der Waals surface area contributed by atoms with Gasteiger partial charge in [-0.3, -0.25) is 4.79 Å². The number of hydrogen-bond donors (Lipinski definition) is 1. The van der Waals surface area contributed by atoms with E-state index in [9.17, 15) is 4.79 Å². The molecule has 1 heterocycles. The molecule has 0 atom stereocenters. The van der Waals surface area contributed by atoms with E-state index < -0.39 is 5.97 Å². The molecule has 0 aromatic carbocycles. The summed E-state index contributed by atoms with van der Waals surface area (Å²) in [5.41, 5.74) is 0. The molecule has 0 amide bonds. The highest BCUT2D eigenvalue weighted by Crippen LogP contribution is 2.19. The standard InChI is InChI=1S/C12H18O2S/c1-2-10-8-9-11(15-10)6-4-3-5-7-12(13)14/h8-9H,2-7H2,1H3,(H,13,14). The highest BCUT2D eigenvalue weighted by Gasteiger charge is 2.00. The maximum atomic E-state index is 10.3. The third kappa shape index (κ3) is 4.98. The van der Waals surface area contributed by atoms with E-state index >= 15 is 0 Å². The first-order valence-electron chi connectivity index (χ1n) is 5.51. The van der Waals surface area contributed by atoms with E-state index in [0.29, 0.717) is 6.42 Å². The summed E-state index contributed by atoms with van der Waals surface area (Å²) in [7, 11) is 0. The lowest BCUT2D eigenvalue weighted by Crippen LogP contribution is -1.93. The van der Waals surface area contributed by atoms with Crippen LogP contribution in [-0.2, 0) is 17.6 Å². The Balaban J connectivity index is 2.12. The molecule has 0 fully saturated rings. The molecule has 1 N–H and O–H groups in total. The molecule has 0 aliphatic heterocycles.